The number of benzene rings is 1. The van der Waals surface area contributed by atoms with Gasteiger partial charge in [0.2, 0.25) is 0 Å². The van der Waals surface area contributed by atoms with Crippen molar-refractivity contribution < 1.29 is 10.2 Å². The van der Waals surface area contributed by atoms with Crippen molar-refractivity contribution in [2.45, 2.75) is 33.0 Å². The molecule has 0 aliphatic rings. The molecule has 0 radical (unpaired) electrons. The average Bonchev–Trinajstić information content (AvgIpc) is 2.76. The van der Waals surface area contributed by atoms with Gasteiger partial charge in [0.15, 0.2) is 0 Å². The summed E-state index contributed by atoms with van der Waals surface area (Å²) in [6, 6.07) is 9.81. The van der Waals surface area contributed by atoms with E-state index < -0.39 is 0 Å². The minimum atomic E-state index is -0.0915. The average molecular weight is 289 g/mol. The molecule has 21 heavy (non-hydrogen) atoms. The minimum absolute atomic E-state index is 0.0485. The molecule has 0 saturated carbocycles. The van der Waals surface area contributed by atoms with Gasteiger partial charge in [-0.2, -0.15) is 5.10 Å². The summed E-state index contributed by atoms with van der Waals surface area (Å²) in [4.78, 5) is 0. The van der Waals surface area contributed by atoms with Gasteiger partial charge in [-0.15, -0.1) is 0 Å². The number of hydrogen-bond acceptors (Lipinski definition) is 4. The van der Waals surface area contributed by atoms with Crippen LogP contribution in [0.2, 0.25) is 0 Å². The summed E-state index contributed by atoms with van der Waals surface area (Å²) in [5.74, 6) is 0. The molecule has 0 bridgehead atoms. The third kappa shape index (κ3) is 3.69. The Morgan fingerprint density at radius 2 is 1.90 bits per heavy atom. The standard InChI is InChI=1S/C16H23N3O2/c1-12-15(13(2)19(18-12)8-9-20)10-17-16(11-21)14-6-4-3-5-7-14/h3-7,16-17,20-21H,8-11H2,1-2H3/t16-/m1/s1. The van der Waals surface area contributed by atoms with E-state index in [4.69, 9.17) is 5.11 Å². The van der Waals surface area contributed by atoms with E-state index in [1.165, 1.54) is 0 Å². The van der Waals surface area contributed by atoms with Gasteiger partial charge in [0.1, 0.15) is 0 Å². The highest BCUT2D eigenvalue weighted by atomic mass is 16.3. The lowest BCUT2D eigenvalue weighted by atomic mass is 10.1. The van der Waals surface area contributed by atoms with Crippen LogP contribution in [-0.4, -0.2) is 33.2 Å². The molecule has 0 unspecified atom stereocenters. The van der Waals surface area contributed by atoms with Crippen molar-refractivity contribution in [3.63, 3.8) is 0 Å². The first-order valence-electron chi connectivity index (χ1n) is 7.20. The molecule has 0 amide bonds. The van der Waals surface area contributed by atoms with E-state index in [0.29, 0.717) is 13.1 Å². The van der Waals surface area contributed by atoms with E-state index in [9.17, 15) is 5.11 Å². The molecule has 0 saturated heterocycles. The van der Waals surface area contributed by atoms with Crippen molar-refractivity contribution in [2.75, 3.05) is 13.2 Å². The highest BCUT2D eigenvalue weighted by molar-refractivity contribution is 5.25. The second kappa shape index (κ2) is 7.36. The second-order valence-corrected chi connectivity index (χ2v) is 5.12. The molecule has 0 fully saturated rings. The number of aliphatic hydroxyl groups is 2. The molecular formula is C16H23N3O2. The number of aromatic nitrogens is 2. The van der Waals surface area contributed by atoms with Crippen LogP contribution in [0.4, 0.5) is 0 Å². The van der Waals surface area contributed by atoms with Gasteiger partial charge < -0.3 is 15.5 Å². The molecule has 0 spiro atoms. The molecule has 114 valence electrons. The first-order valence-corrected chi connectivity index (χ1v) is 7.20. The molecule has 5 nitrogen and oxygen atoms in total. The Kier molecular flexibility index (Phi) is 5.50. The molecular weight excluding hydrogens is 266 g/mol. The minimum Gasteiger partial charge on any atom is -0.394 e. The normalized spacial score (nSPS) is 12.6. The molecule has 1 aromatic carbocycles. The lowest BCUT2D eigenvalue weighted by Crippen LogP contribution is -2.24. The van der Waals surface area contributed by atoms with Gasteiger partial charge in [-0.25, -0.2) is 0 Å². The van der Waals surface area contributed by atoms with Crippen molar-refractivity contribution in [3.8, 4) is 0 Å². The molecule has 0 aliphatic heterocycles. The van der Waals surface area contributed by atoms with Gasteiger partial charge in [-0.3, -0.25) is 4.68 Å². The van der Waals surface area contributed by atoms with Gasteiger partial charge in [-0.1, -0.05) is 30.3 Å². The summed E-state index contributed by atoms with van der Waals surface area (Å²) < 4.78 is 1.82. The highest BCUT2D eigenvalue weighted by Gasteiger charge is 2.14. The van der Waals surface area contributed by atoms with Crippen molar-refractivity contribution in [3.05, 3.63) is 52.8 Å². The van der Waals surface area contributed by atoms with Crippen LogP contribution in [0, 0.1) is 13.8 Å². The van der Waals surface area contributed by atoms with Crippen molar-refractivity contribution in [2.24, 2.45) is 0 Å². The lowest BCUT2D eigenvalue weighted by Gasteiger charge is -2.17. The Labute approximate surface area is 125 Å². The molecule has 3 N–H and O–H groups in total. The van der Waals surface area contributed by atoms with Crippen molar-refractivity contribution in [1.29, 1.82) is 0 Å². The monoisotopic (exact) mass is 289 g/mol. The Balaban J connectivity index is 2.08. The number of aliphatic hydroxyl groups excluding tert-OH is 2. The smallest absolute Gasteiger partial charge is 0.0644 e. The first-order chi connectivity index (χ1) is 10.2. The van der Waals surface area contributed by atoms with E-state index in [0.717, 1.165) is 22.5 Å². The third-order valence-corrected chi connectivity index (χ3v) is 3.75. The van der Waals surface area contributed by atoms with Gasteiger partial charge in [0, 0.05) is 17.8 Å². The maximum absolute atomic E-state index is 9.57. The fraction of sp³-hybridized carbons (Fsp3) is 0.438. The maximum atomic E-state index is 9.57. The zero-order valence-electron chi connectivity index (χ0n) is 12.6. The number of aryl methyl sites for hydroxylation is 1. The summed E-state index contributed by atoms with van der Waals surface area (Å²) in [7, 11) is 0. The topological polar surface area (TPSA) is 70.3 Å². The number of nitrogens with one attached hydrogen (secondary N) is 1. The zero-order chi connectivity index (χ0) is 15.2. The molecule has 5 heteroatoms. The van der Waals surface area contributed by atoms with Gasteiger partial charge in [0.25, 0.3) is 0 Å². The van der Waals surface area contributed by atoms with Crippen molar-refractivity contribution in [1.82, 2.24) is 15.1 Å². The Bertz CT molecular complexity index is 566. The summed E-state index contributed by atoms with van der Waals surface area (Å²) in [5, 5.41) is 26.4. The van der Waals surface area contributed by atoms with Crippen LogP contribution in [0.15, 0.2) is 30.3 Å². The van der Waals surface area contributed by atoms with Crippen LogP contribution in [-0.2, 0) is 13.1 Å². The predicted molar refractivity (Wildman–Crippen MR) is 81.9 cm³/mol. The predicted octanol–water partition coefficient (Wildman–Crippen LogP) is 1.32. The first kappa shape index (κ1) is 15.7. The third-order valence-electron chi connectivity index (χ3n) is 3.75. The summed E-state index contributed by atoms with van der Waals surface area (Å²) in [6.45, 7) is 5.25. The number of nitrogens with zero attached hydrogens (tertiary/aromatic N) is 2. The van der Waals surface area contributed by atoms with Crippen molar-refractivity contribution >= 4 is 0 Å². The maximum Gasteiger partial charge on any atom is 0.0644 e. The molecule has 1 atom stereocenters. The van der Waals surface area contributed by atoms with Crippen LogP contribution in [0.25, 0.3) is 0 Å². The van der Waals surface area contributed by atoms with E-state index in [1.807, 2.05) is 48.9 Å². The molecule has 2 aromatic rings. The van der Waals surface area contributed by atoms with Crippen LogP contribution in [0.5, 0.6) is 0 Å². The SMILES string of the molecule is Cc1nn(CCO)c(C)c1CN[C@H](CO)c1ccccc1. The lowest BCUT2D eigenvalue weighted by molar-refractivity contribution is 0.243. The van der Waals surface area contributed by atoms with E-state index >= 15 is 0 Å². The van der Waals surface area contributed by atoms with E-state index in [-0.39, 0.29) is 19.3 Å². The van der Waals surface area contributed by atoms with E-state index in [1.54, 1.807) is 0 Å². The number of rotatable bonds is 7. The highest BCUT2D eigenvalue weighted by Crippen LogP contribution is 2.16. The molecule has 0 aliphatic carbocycles. The van der Waals surface area contributed by atoms with Gasteiger partial charge in [-0.05, 0) is 19.4 Å². The fourth-order valence-electron chi connectivity index (χ4n) is 2.50. The van der Waals surface area contributed by atoms with Crippen LogP contribution in [0.3, 0.4) is 0 Å². The second-order valence-electron chi connectivity index (χ2n) is 5.12. The quantitative estimate of drug-likeness (QED) is 0.719. The van der Waals surface area contributed by atoms with Crippen LogP contribution >= 0.6 is 0 Å². The van der Waals surface area contributed by atoms with Gasteiger partial charge >= 0.3 is 0 Å². The summed E-state index contributed by atoms with van der Waals surface area (Å²) in [6.07, 6.45) is 0. The largest absolute Gasteiger partial charge is 0.394 e. The fourth-order valence-corrected chi connectivity index (χ4v) is 2.50. The van der Waals surface area contributed by atoms with E-state index in [2.05, 4.69) is 10.4 Å². The summed E-state index contributed by atoms with van der Waals surface area (Å²) >= 11 is 0. The molecule has 2 rings (SSSR count). The molecule has 1 aromatic heterocycles. The van der Waals surface area contributed by atoms with Gasteiger partial charge in [0.05, 0.1) is 31.5 Å². The summed E-state index contributed by atoms with van der Waals surface area (Å²) in [5.41, 5.74) is 4.20. The Morgan fingerprint density at radius 3 is 2.52 bits per heavy atom. The molecule has 1 heterocycles. The van der Waals surface area contributed by atoms with Crippen LogP contribution < -0.4 is 5.32 Å². The Morgan fingerprint density at radius 1 is 1.19 bits per heavy atom. The Hall–Kier alpha value is -1.69. The zero-order valence-corrected chi connectivity index (χ0v) is 12.6. The van der Waals surface area contributed by atoms with Crippen LogP contribution in [0.1, 0.15) is 28.6 Å². The number of hydrogen-bond donors (Lipinski definition) is 3.